The largest absolute Gasteiger partial charge is 0.323 e. The van der Waals surface area contributed by atoms with Crippen molar-refractivity contribution in [2.24, 2.45) is 0 Å². The molecule has 0 saturated heterocycles. The van der Waals surface area contributed by atoms with E-state index in [4.69, 9.17) is 0 Å². The Kier molecular flexibility index (Phi) is 3.72. The van der Waals surface area contributed by atoms with Crippen molar-refractivity contribution in [3.63, 3.8) is 0 Å². The minimum Gasteiger partial charge on any atom is -0.323 e. The van der Waals surface area contributed by atoms with Gasteiger partial charge >= 0.3 is 0 Å². The number of anilines is 1. The summed E-state index contributed by atoms with van der Waals surface area (Å²) in [5, 5.41) is 2.65. The normalized spacial score (nSPS) is 14.6. The molecule has 0 atom stereocenters. The number of alkyl halides is 2. The molecule has 0 unspecified atom stereocenters. The van der Waals surface area contributed by atoms with Gasteiger partial charge < -0.3 is 5.32 Å². The van der Waals surface area contributed by atoms with Crippen molar-refractivity contribution in [1.82, 2.24) is 4.90 Å². The van der Waals surface area contributed by atoms with Crippen LogP contribution < -0.4 is 5.32 Å². The van der Waals surface area contributed by atoms with Crippen LogP contribution in [0.25, 0.3) is 0 Å². The SMILES string of the molecule is C=CC(=O)Nc1ccc2c(c1)CN(CC(F)F)C2. The first-order valence-electron chi connectivity index (χ1n) is 5.64. The molecule has 0 saturated carbocycles. The number of hydrogen-bond donors (Lipinski definition) is 1. The van der Waals surface area contributed by atoms with E-state index >= 15 is 0 Å². The Bertz CT molecular complexity index is 474. The van der Waals surface area contributed by atoms with Gasteiger partial charge in [-0.15, -0.1) is 0 Å². The predicted molar refractivity (Wildman–Crippen MR) is 65.4 cm³/mol. The van der Waals surface area contributed by atoms with Crippen molar-refractivity contribution in [1.29, 1.82) is 0 Å². The van der Waals surface area contributed by atoms with E-state index in [2.05, 4.69) is 11.9 Å². The monoisotopic (exact) mass is 252 g/mol. The lowest BCUT2D eigenvalue weighted by Gasteiger charge is -2.12. The fourth-order valence-electron chi connectivity index (χ4n) is 2.06. The van der Waals surface area contributed by atoms with E-state index in [1.165, 1.54) is 6.08 Å². The van der Waals surface area contributed by atoms with E-state index < -0.39 is 6.43 Å². The highest BCUT2D eigenvalue weighted by atomic mass is 19.3. The lowest BCUT2D eigenvalue weighted by Crippen LogP contribution is -2.22. The van der Waals surface area contributed by atoms with Crippen molar-refractivity contribution in [3.8, 4) is 0 Å². The van der Waals surface area contributed by atoms with Crippen molar-refractivity contribution >= 4 is 11.6 Å². The highest BCUT2D eigenvalue weighted by molar-refractivity contribution is 5.98. The van der Waals surface area contributed by atoms with E-state index in [0.29, 0.717) is 18.8 Å². The summed E-state index contributed by atoms with van der Waals surface area (Å²) in [6.45, 7) is 4.19. The number of hydrogen-bond acceptors (Lipinski definition) is 2. The van der Waals surface area contributed by atoms with Crippen LogP contribution in [0.5, 0.6) is 0 Å². The minimum absolute atomic E-state index is 0.219. The van der Waals surface area contributed by atoms with Gasteiger partial charge in [0.25, 0.3) is 6.43 Å². The van der Waals surface area contributed by atoms with Crippen LogP contribution in [0, 0.1) is 0 Å². The van der Waals surface area contributed by atoms with Gasteiger partial charge in [-0.3, -0.25) is 9.69 Å². The number of carbonyl (C=O) groups excluding carboxylic acids is 1. The van der Waals surface area contributed by atoms with Crippen molar-refractivity contribution < 1.29 is 13.6 Å². The molecule has 1 aromatic carbocycles. The van der Waals surface area contributed by atoms with E-state index in [1.807, 2.05) is 12.1 Å². The molecule has 2 rings (SSSR count). The van der Waals surface area contributed by atoms with Crippen LogP contribution in [0.1, 0.15) is 11.1 Å². The predicted octanol–water partition coefficient (Wildman–Crippen LogP) is 2.39. The molecule has 1 aromatic rings. The molecule has 1 amide bonds. The van der Waals surface area contributed by atoms with Crippen molar-refractivity contribution in [2.45, 2.75) is 19.5 Å². The average Bonchev–Trinajstić information content (AvgIpc) is 2.69. The zero-order valence-corrected chi connectivity index (χ0v) is 9.83. The first kappa shape index (κ1) is 12.7. The van der Waals surface area contributed by atoms with Gasteiger partial charge in [0.15, 0.2) is 0 Å². The van der Waals surface area contributed by atoms with E-state index in [0.717, 1.165) is 11.1 Å². The summed E-state index contributed by atoms with van der Waals surface area (Å²) in [7, 11) is 0. The van der Waals surface area contributed by atoms with E-state index in [9.17, 15) is 13.6 Å². The Balaban J connectivity index is 2.07. The molecule has 0 spiro atoms. The summed E-state index contributed by atoms with van der Waals surface area (Å²) in [6, 6.07) is 5.45. The van der Waals surface area contributed by atoms with Gasteiger partial charge in [-0.2, -0.15) is 0 Å². The van der Waals surface area contributed by atoms with Crippen LogP contribution in [0.3, 0.4) is 0 Å². The summed E-state index contributed by atoms with van der Waals surface area (Å²) in [4.78, 5) is 12.8. The van der Waals surface area contributed by atoms with Gasteiger partial charge in [-0.25, -0.2) is 8.78 Å². The third-order valence-corrected chi connectivity index (χ3v) is 2.84. The fraction of sp³-hybridized carbons (Fsp3) is 0.308. The van der Waals surface area contributed by atoms with E-state index in [-0.39, 0.29) is 12.5 Å². The molecule has 18 heavy (non-hydrogen) atoms. The highest BCUT2D eigenvalue weighted by Gasteiger charge is 2.21. The van der Waals surface area contributed by atoms with Gasteiger partial charge in [-0.05, 0) is 29.3 Å². The summed E-state index contributed by atoms with van der Waals surface area (Å²) >= 11 is 0. The number of nitrogens with one attached hydrogen (secondary N) is 1. The highest BCUT2D eigenvalue weighted by Crippen LogP contribution is 2.26. The Labute approximate surface area is 104 Å². The average molecular weight is 252 g/mol. The number of halogens is 2. The Morgan fingerprint density at radius 1 is 1.44 bits per heavy atom. The molecule has 96 valence electrons. The molecule has 0 radical (unpaired) electrons. The van der Waals surface area contributed by atoms with Gasteiger partial charge in [0, 0.05) is 18.8 Å². The molecule has 3 nitrogen and oxygen atoms in total. The third-order valence-electron chi connectivity index (χ3n) is 2.84. The van der Waals surface area contributed by atoms with Gasteiger partial charge in [0.05, 0.1) is 6.54 Å². The summed E-state index contributed by atoms with van der Waals surface area (Å²) in [5.74, 6) is -0.280. The fourth-order valence-corrected chi connectivity index (χ4v) is 2.06. The molecular weight excluding hydrogens is 238 g/mol. The molecule has 0 fully saturated rings. The number of amides is 1. The van der Waals surface area contributed by atoms with Crippen LogP contribution in [-0.2, 0) is 17.9 Å². The molecule has 1 N–H and O–H groups in total. The number of nitrogens with zero attached hydrogens (tertiary/aromatic N) is 1. The summed E-state index contributed by atoms with van der Waals surface area (Å²) < 4.78 is 24.6. The maximum Gasteiger partial charge on any atom is 0.251 e. The molecule has 1 aliphatic heterocycles. The first-order valence-corrected chi connectivity index (χ1v) is 5.64. The first-order chi connectivity index (χ1) is 8.58. The molecule has 0 bridgehead atoms. The standard InChI is InChI=1S/C13H14F2N2O/c1-2-13(18)16-11-4-3-9-6-17(8-12(14)15)7-10(9)5-11/h2-5,12H,1,6-8H2,(H,16,18). The van der Waals surface area contributed by atoms with Gasteiger partial charge in [0.2, 0.25) is 5.91 Å². The van der Waals surface area contributed by atoms with E-state index in [1.54, 1.807) is 11.0 Å². The zero-order valence-electron chi connectivity index (χ0n) is 9.83. The van der Waals surface area contributed by atoms with Crippen LogP contribution in [0.2, 0.25) is 0 Å². The molecule has 5 heteroatoms. The molecule has 0 aliphatic carbocycles. The van der Waals surface area contributed by atoms with Gasteiger partial charge in [-0.1, -0.05) is 12.6 Å². The molecule has 0 aromatic heterocycles. The molecule has 1 heterocycles. The second kappa shape index (κ2) is 5.27. The maximum atomic E-state index is 12.3. The lowest BCUT2D eigenvalue weighted by molar-refractivity contribution is -0.111. The second-order valence-electron chi connectivity index (χ2n) is 4.24. The Hall–Kier alpha value is -1.75. The number of rotatable bonds is 4. The summed E-state index contributed by atoms with van der Waals surface area (Å²) in [6.07, 6.45) is -1.13. The lowest BCUT2D eigenvalue weighted by atomic mass is 10.1. The van der Waals surface area contributed by atoms with Crippen molar-refractivity contribution in [3.05, 3.63) is 42.0 Å². The quantitative estimate of drug-likeness (QED) is 0.834. The Morgan fingerprint density at radius 2 is 2.17 bits per heavy atom. The van der Waals surface area contributed by atoms with Crippen LogP contribution in [0.15, 0.2) is 30.9 Å². The van der Waals surface area contributed by atoms with Crippen LogP contribution in [-0.4, -0.2) is 23.8 Å². The van der Waals surface area contributed by atoms with Crippen LogP contribution >= 0.6 is 0 Å². The molecule has 1 aliphatic rings. The second-order valence-corrected chi connectivity index (χ2v) is 4.24. The summed E-state index contributed by atoms with van der Waals surface area (Å²) in [5.41, 5.74) is 2.68. The van der Waals surface area contributed by atoms with Crippen molar-refractivity contribution in [2.75, 3.05) is 11.9 Å². The Morgan fingerprint density at radius 3 is 2.83 bits per heavy atom. The zero-order chi connectivity index (χ0) is 13.1. The minimum atomic E-state index is -2.32. The van der Waals surface area contributed by atoms with Crippen LogP contribution in [0.4, 0.5) is 14.5 Å². The molecular formula is C13H14F2N2O. The smallest absolute Gasteiger partial charge is 0.251 e. The number of fused-ring (bicyclic) bond motifs is 1. The topological polar surface area (TPSA) is 32.3 Å². The number of carbonyl (C=O) groups is 1. The third kappa shape index (κ3) is 2.92. The number of benzene rings is 1. The maximum absolute atomic E-state index is 12.3. The van der Waals surface area contributed by atoms with Gasteiger partial charge in [0.1, 0.15) is 0 Å².